The summed E-state index contributed by atoms with van der Waals surface area (Å²) >= 11 is 0. The van der Waals surface area contributed by atoms with E-state index in [1.807, 2.05) is 6.92 Å². The minimum atomic E-state index is -3.44. The molecule has 1 N–H and O–H groups in total. The smallest absolute Gasteiger partial charge is 0.223 e. The molecule has 1 fully saturated rings. The van der Waals surface area contributed by atoms with Gasteiger partial charge in [0.15, 0.2) is 0 Å². The maximum atomic E-state index is 12.9. The van der Waals surface area contributed by atoms with E-state index in [0.717, 1.165) is 6.42 Å². The highest BCUT2D eigenvalue weighted by molar-refractivity contribution is 7.88. The first kappa shape index (κ1) is 17.9. The highest BCUT2D eigenvalue weighted by atomic mass is 32.2. The maximum absolute atomic E-state index is 12.9. The third kappa shape index (κ3) is 5.00. The molecule has 2 rings (SSSR count). The summed E-state index contributed by atoms with van der Waals surface area (Å²) in [4.78, 5) is 11.9. The van der Waals surface area contributed by atoms with Crippen LogP contribution in [-0.4, -0.2) is 38.3 Å². The molecule has 1 aromatic carbocycles. The van der Waals surface area contributed by atoms with Gasteiger partial charge >= 0.3 is 0 Å². The van der Waals surface area contributed by atoms with Gasteiger partial charge in [-0.15, -0.1) is 0 Å². The van der Waals surface area contributed by atoms with Gasteiger partial charge in [-0.05, 0) is 37.0 Å². The van der Waals surface area contributed by atoms with Gasteiger partial charge in [-0.3, -0.25) is 4.79 Å². The second kappa shape index (κ2) is 7.88. The van der Waals surface area contributed by atoms with Crippen molar-refractivity contribution in [2.45, 2.75) is 31.9 Å². The number of amides is 1. The predicted octanol–water partition coefficient (Wildman–Crippen LogP) is 1.89. The molecule has 1 saturated heterocycles. The molecule has 0 spiro atoms. The number of halogens is 1. The summed E-state index contributed by atoms with van der Waals surface area (Å²) in [5.41, 5.74) is 0.564. The molecule has 1 amide bonds. The van der Waals surface area contributed by atoms with Crippen LogP contribution in [0.4, 0.5) is 4.39 Å². The molecule has 0 atom stereocenters. The monoisotopic (exact) mass is 342 g/mol. The second-order valence-corrected chi connectivity index (χ2v) is 7.82. The van der Waals surface area contributed by atoms with Gasteiger partial charge in [0, 0.05) is 25.6 Å². The van der Waals surface area contributed by atoms with Crippen molar-refractivity contribution in [1.29, 1.82) is 0 Å². The Morgan fingerprint density at radius 2 is 1.87 bits per heavy atom. The summed E-state index contributed by atoms with van der Waals surface area (Å²) < 4.78 is 39.2. The van der Waals surface area contributed by atoms with Gasteiger partial charge in [0.1, 0.15) is 5.82 Å². The van der Waals surface area contributed by atoms with E-state index in [1.54, 1.807) is 0 Å². The SMILES string of the molecule is CCCNC(=O)C1CCN(S(=O)(=O)Cc2ccc(F)cc2)CC1. The summed E-state index contributed by atoms with van der Waals surface area (Å²) in [6, 6.07) is 5.49. The Hall–Kier alpha value is -1.47. The average molecular weight is 342 g/mol. The van der Waals surface area contributed by atoms with Crippen LogP contribution in [0.5, 0.6) is 0 Å². The molecule has 1 aliphatic rings. The van der Waals surface area contributed by atoms with Crippen LogP contribution in [0, 0.1) is 11.7 Å². The fourth-order valence-corrected chi connectivity index (χ4v) is 4.23. The van der Waals surface area contributed by atoms with Gasteiger partial charge in [-0.25, -0.2) is 17.1 Å². The summed E-state index contributed by atoms with van der Waals surface area (Å²) in [6.45, 7) is 3.36. The van der Waals surface area contributed by atoms with Crippen molar-refractivity contribution in [1.82, 2.24) is 9.62 Å². The lowest BCUT2D eigenvalue weighted by Crippen LogP contribution is -2.43. The van der Waals surface area contributed by atoms with Crippen molar-refractivity contribution in [2.24, 2.45) is 5.92 Å². The van der Waals surface area contributed by atoms with E-state index < -0.39 is 10.0 Å². The standard InChI is InChI=1S/C16H23FN2O3S/c1-2-9-18-16(20)14-7-10-19(11-8-14)23(21,22)12-13-3-5-15(17)6-4-13/h3-6,14H,2,7-12H2,1H3,(H,18,20). The molecule has 1 heterocycles. The Balaban J connectivity index is 1.90. The van der Waals surface area contributed by atoms with Crippen LogP contribution in [0.2, 0.25) is 0 Å². The van der Waals surface area contributed by atoms with Crippen molar-refractivity contribution in [3.63, 3.8) is 0 Å². The fraction of sp³-hybridized carbons (Fsp3) is 0.562. The van der Waals surface area contributed by atoms with E-state index in [1.165, 1.54) is 28.6 Å². The van der Waals surface area contributed by atoms with Crippen LogP contribution < -0.4 is 5.32 Å². The molecule has 5 nitrogen and oxygen atoms in total. The fourth-order valence-electron chi connectivity index (χ4n) is 2.67. The van der Waals surface area contributed by atoms with Crippen molar-refractivity contribution >= 4 is 15.9 Å². The third-order valence-corrected chi connectivity index (χ3v) is 5.88. The molecule has 23 heavy (non-hydrogen) atoms. The van der Waals surface area contributed by atoms with Crippen molar-refractivity contribution in [2.75, 3.05) is 19.6 Å². The number of nitrogens with one attached hydrogen (secondary N) is 1. The van der Waals surface area contributed by atoms with Gasteiger partial charge in [0.05, 0.1) is 5.75 Å². The van der Waals surface area contributed by atoms with E-state index >= 15 is 0 Å². The number of carbonyl (C=O) groups is 1. The highest BCUT2D eigenvalue weighted by Crippen LogP contribution is 2.22. The molecular weight excluding hydrogens is 319 g/mol. The molecule has 0 radical (unpaired) electrons. The lowest BCUT2D eigenvalue weighted by Gasteiger charge is -2.30. The minimum Gasteiger partial charge on any atom is -0.356 e. The van der Waals surface area contributed by atoms with Gasteiger partial charge < -0.3 is 5.32 Å². The van der Waals surface area contributed by atoms with E-state index in [-0.39, 0.29) is 23.4 Å². The first-order valence-corrected chi connectivity index (χ1v) is 9.53. The summed E-state index contributed by atoms with van der Waals surface area (Å²) in [5, 5.41) is 2.86. The molecule has 1 aromatic rings. The van der Waals surface area contributed by atoms with Gasteiger partial charge in [0.2, 0.25) is 15.9 Å². The van der Waals surface area contributed by atoms with Gasteiger partial charge in [0.25, 0.3) is 0 Å². The van der Waals surface area contributed by atoms with E-state index in [0.29, 0.717) is 38.0 Å². The first-order chi connectivity index (χ1) is 10.9. The van der Waals surface area contributed by atoms with Crippen LogP contribution in [0.15, 0.2) is 24.3 Å². The van der Waals surface area contributed by atoms with Crippen LogP contribution >= 0.6 is 0 Å². The average Bonchev–Trinajstić information content (AvgIpc) is 2.54. The first-order valence-electron chi connectivity index (χ1n) is 7.92. The van der Waals surface area contributed by atoms with E-state index in [2.05, 4.69) is 5.32 Å². The minimum absolute atomic E-state index is 0.0161. The number of hydrogen-bond acceptors (Lipinski definition) is 3. The van der Waals surface area contributed by atoms with Crippen LogP contribution in [0.25, 0.3) is 0 Å². The molecule has 0 unspecified atom stereocenters. The molecule has 0 aromatic heterocycles. The number of nitrogens with zero attached hydrogens (tertiary/aromatic N) is 1. The van der Waals surface area contributed by atoms with E-state index in [9.17, 15) is 17.6 Å². The number of sulfonamides is 1. The largest absolute Gasteiger partial charge is 0.356 e. The van der Waals surface area contributed by atoms with Crippen LogP contribution in [0.1, 0.15) is 31.7 Å². The van der Waals surface area contributed by atoms with Gasteiger partial charge in [-0.2, -0.15) is 0 Å². The summed E-state index contributed by atoms with van der Waals surface area (Å²) in [7, 11) is -3.44. The summed E-state index contributed by atoms with van der Waals surface area (Å²) in [5.74, 6) is -0.619. The van der Waals surface area contributed by atoms with Crippen molar-refractivity contribution in [3.05, 3.63) is 35.6 Å². The molecule has 1 aliphatic heterocycles. The zero-order valence-corrected chi connectivity index (χ0v) is 14.1. The number of benzene rings is 1. The third-order valence-electron chi connectivity index (χ3n) is 4.03. The summed E-state index contributed by atoms with van der Waals surface area (Å²) in [6.07, 6.45) is 1.97. The highest BCUT2D eigenvalue weighted by Gasteiger charge is 2.30. The quantitative estimate of drug-likeness (QED) is 0.858. The molecule has 128 valence electrons. The predicted molar refractivity (Wildman–Crippen MR) is 86.6 cm³/mol. The lowest BCUT2D eigenvalue weighted by molar-refractivity contribution is -0.126. The molecule has 0 saturated carbocycles. The zero-order valence-electron chi connectivity index (χ0n) is 13.3. The Morgan fingerprint density at radius 3 is 2.43 bits per heavy atom. The maximum Gasteiger partial charge on any atom is 0.223 e. The molecule has 0 bridgehead atoms. The van der Waals surface area contributed by atoms with Crippen molar-refractivity contribution < 1.29 is 17.6 Å². The molecule has 7 heteroatoms. The van der Waals surface area contributed by atoms with Gasteiger partial charge in [-0.1, -0.05) is 19.1 Å². The Bertz CT molecular complexity index is 623. The number of rotatable bonds is 6. The topological polar surface area (TPSA) is 66.5 Å². The number of carbonyl (C=O) groups excluding carboxylic acids is 1. The lowest BCUT2D eigenvalue weighted by atomic mass is 9.97. The second-order valence-electron chi connectivity index (χ2n) is 5.85. The Kier molecular flexibility index (Phi) is 6.12. The Labute approximate surface area is 136 Å². The van der Waals surface area contributed by atoms with Crippen LogP contribution in [-0.2, 0) is 20.6 Å². The number of hydrogen-bond donors (Lipinski definition) is 1. The van der Waals surface area contributed by atoms with Crippen LogP contribution in [0.3, 0.4) is 0 Å². The normalized spacial score (nSPS) is 17.1. The molecule has 0 aliphatic carbocycles. The number of piperidine rings is 1. The van der Waals surface area contributed by atoms with Crippen molar-refractivity contribution in [3.8, 4) is 0 Å². The zero-order chi connectivity index (χ0) is 16.9. The molecular formula is C16H23FN2O3S. The Morgan fingerprint density at radius 1 is 1.26 bits per heavy atom. The van der Waals surface area contributed by atoms with E-state index in [4.69, 9.17) is 0 Å².